The zero-order valence-electron chi connectivity index (χ0n) is 24.3. The second-order valence-electron chi connectivity index (χ2n) is 11.4. The minimum Gasteiger partial charge on any atom is -0.227 e. The van der Waals surface area contributed by atoms with Gasteiger partial charge in [0.2, 0.25) is 0 Å². The van der Waals surface area contributed by atoms with Crippen molar-refractivity contribution in [2.24, 2.45) is 0 Å². The summed E-state index contributed by atoms with van der Waals surface area (Å²) in [4.78, 5) is 10.5. The first-order valence-electron chi connectivity index (χ1n) is 15.2. The van der Waals surface area contributed by atoms with Crippen molar-refractivity contribution in [1.82, 2.24) is 9.97 Å². The maximum atomic E-state index is 5.31. The first kappa shape index (κ1) is 25.8. The molecule has 0 aliphatic rings. The molecule has 0 bridgehead atoms. The molecule has 0 aliphatic heterocycles. The Bertz CT molecular complexity index is 2500. The van der Waals surface area contributed by atoms with E-state index in [9.17, 15) is 0 Å². The second kappa shape index (κ2) is 10.5. The van der Waals surface area contributed by atoms with Gasteiger partial charge in [-0.1, -0.05) is 146 Å². The fourth-order valence-corrected chi connectivity index (χ4v) is 7.67. The van der Waals surface area contributed by atoms with Gasteiger partial charge in [0.25, 0.3) is 0 Å². The number of thiophene rings is 1. The van der Waals surface area contributed by atoms with E-state index in [1.807, 2.05) is 11.3 Å². The monoisotopic (exact) mass is 590 g/mol. The Hall–Kier alpha value is -5.64. The van der Waals surface area contributed by atoms with Crippen LogP contribution in [-0.4, -0.2) is 9.97 Å². The fourth-order valence-electron chi connectivity index (χ4n) is 6.42. The molecular weight excluding hydrogens is 565 g/mol. The van der Waals surface area contributed by atoms with E-state index >= 15 is 0 Å². The van der Waals surface area contributed by atoms with Crippen LogP contribution in [0.3, 0.4) is 0 Å². The molecule has 0 amide bonds. The van der Waals surface area contributed by atoms with Gasteiger partial charge in [0, 0.05) is 36.7 Å². The van der Waals surface area contributed by atoms with Gasteiger partial charge in [-0.25, -0.2) is 9.97 Å². The van der Waals surface area contributed by atoms with Crippen molar-refractivity contribution in [3.05, 3.63) is 158 Å². The van der Waals surface area contributed by atoms with Crippen molar-refractivity contribution in [2.45, 2.75) is 0 Å². The van der Waals surface area contributed by atoms with Gasteiger partial charge in [-0.15, -0.1) is 11.3 Å². The van der Waals surface area contributed by atoms with Gasteiger partial charge in [0.05, 0.1) is 11.2 Å². The molecule has 0 unspecified atom stereocenters. The molecule has 0 N–H and O–H groups in total. The minimum absolute atomic E-state index is 0.736. The Morgan fingerprint density at radius 2 is 0.933 bits per heavy atom. The lowest BCUT2D eigenvalue weighted by molar-refractivity contribution is 1.23. The van der Waals surface area contributed by atoms with Gasteiger partial charge >= 0.3 is 0 Å². The lowest BCUT2D eigenvalue weighted by Crippen LogP contribution is -1.95. The normalized spacial score (nSPS) is 11.6. The number of hydrogen-bond donors (Lipinski definition) is 0. The van der Waals surface area contributed by atoms with Gasteiger partial charge in [-0.3, -0.25) is 0 Å². The lowest BCUT2D eigenvalue weighted by atomic mass is 9.99. The summed E-state index contributed by atoms with van der Waals surface area (Å²) in [6, 6.07) is 56.0. The lowest BCUT2D eigenvalue weighted by Gasteiger charge is -2.11. The van der Waals surface area contributed by atoms with Crippen LogP contribution in [0.1, 0.15) is 0 Å². The molecule has 0 radical (unpaired) electrons. The summed E-state index contributed by atoms with van der Waals surface area (Å²) in [5.74, 6) is 0.736. The first-order chi connectivity index (χ1) is 22.3. The molecule has 0 atom stereocenters. The predicted octanol–water partition coefficient (Wildman–Crippen LogP) is 11.8. The largest absolute Gasteiger partial charge is 0.227 e. The summed E-state index contributed by atoms with van der Waals surface area (Å²) in [6.45, 7) is 0. The van der Waals surface area contributed by atoms with E-state index in [0.29, 0.717) is 0 Å². The van der Waals surface area contributed by atoms with Crippen LogP contribution in [0.15, 0.2) is 158 Å². The molecule has 9 aromatic rings. The highest BCUT2D eigenvalue weighted by molar-refractivity contribution is 7.26. The number of nitrogens with zero attached hydrogens (tertiary/aromatic N) is 2. The molecule has 2 aromatic heterocycles. The highest BCUT2D eigenvalue weighted by Crippen LogP contribution is 2.43. The highest BCUT2D eigenvalue weighted by atomic mass is 32.1. The SMILES string of the molecule is c1ccc(-c2ccc(-c3ccc(-c4nc(-c5ccccc5)c5ccc6sc7c8ccccc8ccc7c6c5n4)cc3)cc2)cc1. The van der Waals surface area contributed by atoms with Crippen molar-refractivity contribution in [3.63, 3.8) is 0 Å². The summed E-state index contributed by atoms with van der Waals surface area (Å²) in [6.07, 6.45) is 0. The third-order valence-electron chi connectivity index (χ3n) is 8.71. The van der Waals surface area contributed by atoms with Crippen LogP contribution in [0, 0.1) is 0 Å². The molecule has 45 heavy (non-hydrogen) atoms. The average Bonchev–Trinajstić information content (AvgIpc) is 3.52. The van der Waals surface area contributed by atoms with E-state index in [1.54, 1.807) is 0 Å². The summed E-state index contributed by atoms with van der Waals surface area (Å²) in [7, 11) is 0. The first-order valence-corrected chi connectivity index (χ1v) is 16.0. The minimum atomic E-state index is 0.736. The van der Waals surface area contributed by atoms with E-state index in [-0.39, 0.29) is 0 Å². The van der Waals surface area contributed by atoms with E-state index in [1.165, 1.54) is 53.2 Å². The van der Waals surface area contributed by atoms with Crippen LogP contribution < -0.4 is 0 Å². The van der Waals surface area contributed by atoms with Crippen molar-refractivity contribution >= 4 is 53.2 Å². The molecule has 2 heterocycles. The number of benzene rings is 7. The Labute approximate surface area is 264 Å². The third kappa shape index (κ3) is 4.40. The van der Waals surface area contributed by atoms with Crippen LogP contribution in [0.4, 0.5) is 0 Å². The molecule has 7 aromatic carbocycles. The summed E-state index contributed by atoms with van der Waals surface area (Å²) < 4.78 is 2.55. The van der Waals surface area contributed by atoms with Crippen LogP contribution in [0.2, 0.25) is 0 Å². The van der Waals surface area contributed by atoms with Crippen molar-refractivity contribution in [1.29, 1.82) is 0 Å². The van der Waals surface area contributed by atoms with Crippen LogP contribution in [-0.2, 0) is 0 Å². The fraction of sp³-hybridized carbons (Fsp3) is 0. The average molecular weight is 591 g/mol. The number of aromatic nitrogens is 2. The maximum Gasteiger partial charge on any atom is 0.160 e. The van der Waals surface area contributed by atoms with E-state index in [0.717, 1.165) is 33.5 Å². The molecule has 0 aliphatic carbocycles. The molecule has 3 heteroatoms. The number of rotatable bonds is 4. The maximum absolute atomic E-state index is 5.31. The summed E-state index contributed by atoms with van der Waals surface area (Å²) in [5.41, 5.74) is 8.84. The van der Waals surface area contributed by atoms with Gasteiger partial charge in [-0.05, 0) is 45.2 Å². The topological polar surface area (TPSA) is 25.8 Å². The zero-order chi connectivity index (χ0) is 29.7. The van der Waals surface area contributed by atoms with E-state index in [4.69, 9.17) is 9.97 Å². The van der Waals surface area contributed by atoms with Crippen molar-refractivity contribution < 1.29 is 0 Å². The highest BCUT2D eigenvalue weighted by Gasteiger charge is 2.17. The van der Waals surface area contributed by atoms with Gasteiger partial charge in [0.1, 0.15) is 0 Å². The Morgan fingerprint density at radius 3 is 1.62 bits per heavy atom. The third-order valence-corrected chi connectivity index (χ3v) is 9.91. The quantitative estimate of drug-likeness (QED) is 0.204. The van der Waals surface area contributed by atoms with Crippen molar-refractivity contribution in [2.75, 3.05) is 0 Å². The van der Waals surface area contributed by atoms with Gasteiger partial charge < -0.3 is 0 Å². The van der Waals surface area contributed by atoms with Crippen LogP contribution >= 0.6 is 11.3 Å². The second-order valence-corrected chi connectivity index (χ2v) is 12.4. The Morgan fingerprint density at radius 1 is 0.378 bits per heavy atom. The molecular formula is C42H26N2S. The zero-order valence-corrected chi connectivity index (χ0v) is 25.1. The summed E-state index contributed by atoms with van der Waals surface area (Å²) >= 11 is 1.85. The van der Waals surface area contributed by atoms with E-state index < -0.39 is 0 Å². The Kier molecular flexibility index (Phi) is 6.03. The molecule has 0 spiro atoms. The van der Waals surface area contributed by atoms with Gasteiger partial charge in [0.15, 0.2) is 5.82 Å². The van der Waals surface area contributed by atoms with Gasteiger partial charge in [-0.2, -0.15) is 0 Å². The molecule has 0 fully saturated rings. The molecule has 0 saturated carbocycles. The molecule has 2 nitrogen and oxygen atoms in total. The number of fused-ring (bicyclic) bond motifs is 7. The molecule has 9 rings (SSSR count). The number of hydrogen-bond acceptors (Lipinski definition) is 3. The predicted molar refractivity (Wildman–Crippen MR) is 192 cm³/mol. The van der Waals surface area contributed by atoms with Crippen molar-refractivity contribution in [3.8, 4) is 44.9 Å². The summed E-state index contributed by atoms with van der Waals surface area (Å²) in [5, 5.41) is 6.07. The molecule has 210 valence electrons. The van der Waals surface area contributed by atoms with Crippen LogP contribution in [0.25, 0.3) is 86.7 Å². The standard InChI is InChI=1S/C42H26N2S/c1-3-9-27(10-4-1)28-15-17-29(18-16-28)30-19-21-33(22-20-30)42-43-39(32-12-5-2-6-13-32)36-25-26-37-38(40(36)44-42)35-24-23-31-11-7-8-14-34(31)41(35)45-37/h1-26H. The smallest absolute Gasteiger partial charge is 0.160 e. The Balaban J connectivity index is 1.20. The van der Waals surface area contributed by atoms with E-state index in [2.05, 4.69) is 158 Å². The van der Waals surface area contributed by atoms with Crippen LogP contribution in [0.5, 0.6) is 0 Å². The molecule has 0 saturated heterocycles.